The van der Waals surface area contributed by atoms with Crippen molar-refractivity contribution in [2.24, 2.45) is 0 Å². The molecule has 0 unspecified atom stereocenters. The first kappa shape index (κ1) is 16.9. The second-order valence-corrected chi connectivity index (χ2v) is 6.28. The molecule has 0 aliphatic heterocycles. The maximum atomic E-state index is 13.8. The van der Waals surface area contributed by atoms with Crippen molar-refractivity contribution in [3.05, 3.63) is 77.4 Å². The number of aryl methyl sites for hydroxylation is 1. The van der Waals surface area contributed by atoms with Crippen molar-refractivity contribution in [1.82, 2.24) is 9.78 Å². The quantitative estimate of drug-likeness (QED) is 0.750. The Morgan fingerprint density at radius 3 is 2.44 bits per heavy atom. The Balaban J connectivity index is 1.98. The summed E-state index contributed by atoms with van der Waals surface area (Å²) in [6, 6.07) is 14.0. The highest BCUT2D eigenvalue weighted by Gasteiger charge is 2.21. The molecule has 1 aromatic heterocycles. The average Bonchev–Trinajstić information content (AvgIpc) is 3.03. The van der Waals surface area contributed by atoms with Gasteiger partial charge in [0.25, 0.3) is 5.91 Å². The van der Waals surface area contributed by atoms with E-state index in [1.165, 1.54) is 18.3 Å². The highest BCUT2D eigenvalue weighted by molar-refractivity contribution is 6.05. The third-order valence-electron chi connectivity index (χ3n) is 4.00. The Morgan fingerprint density at radius 2 is 1.80 bits per heavy atom. The minimum Gasteiger partial charge on any atom is -0.319 e. The van der Waals surface area contributed by atoms with Gasteiger partial charge in [0.05, 0.1) is 28.8 Å². The third kappa shape index (κ3) is 3.45. The van der Waals surface area contributed by atoms with E-state index in [2.05, 4.69) is 10.4 Å². The first-order valence-electron chi connectivity index (χ1n) is 8.18. The molecule has 1 amide bonds. The minimum absolute atomic E-state index is 0.0742. The Labute approximate surface area is 146 Å². The fraction of sp³-hybridized carbons (Fsp3) is 0.200. The molecule has 0 saturated heterocycles. The fourth-order valence-electron chi connectivity index (χ4n) is 2.73. The second-order valence-electron chi connectivity index (χ2n) is 6.28. The van der Waals surface area contributed by atoms with Crippen LogP contribution in [0, 0.1) is 12.7 Å². The summed E-state index contributed by atoms with van der Waals surface area (Å²) in [5, 5.41) is 7.01. The molecule has 1 heterocycles. The molecule has 3 rings (SSSR count). The average molecular weight is 337 g/mol. The first-order valence-corrected chi connectivity index (χ1v) is 8.18. The molecule has 3 aromatic rings. The van der Waals surface area contributed by atoms with Gasteiger partial charge in [0, 0.05) is 0 Å². The lowest BCUT2D eigenvalue weighted by Gasteiger charge is -2.13. The zero-order valence-electron chi connectivity index (χ0n) is 14.5. The Morgan fingerprint density at radius 1 is 1.12 bits per heavy atom. The van der Waals surface area contributed by atoms with E-state index in [1.54, 1.807) is 16.8 Å². The fourth-order valence-corrected chi connectivity index (χ4v) is 2.73. The number of halogens is 1. The van der Waals surface area contributed by atoms with Crippen molar-refractivity contribution < 1.29 is 9.18 Å². The monoisotopic (exact) mass is 337 g/mol. The van der Waals surface area contributed by atoms with E-state index in [0.717, 1.165) is 16.9 Å². The summed E-state index contributed by atoms with van der Waals surface area (Å²) in [4.78, 5) is 12.7. The molecule has 0 spiro atoms. The van der Waals surface area contributed by atoms with Gasteiger partial charge in [-0.25, -0.2) is 9.07 Å². The van der Waals surface area contributed by atoms with Crippen LogP contribution in [0.2, 0.25) is 0 Å². The standard InChI is InChI=1S/C20H20FN3O/c1-13(2)19-16(20(25)23-18-7-5-4-6-17(18)21)12-22-24(19)15-10-8-14(3)9-11-15/h4-13H,1-3H3,(H,23,25). The first-order chi connectivity index (χ1) is 12.0. The summed E-state index contributed by atoms with van der Waals surface area (Å²) in [5.41, 5.74) is 3.43. The third-order valence-corrected chi connectivity index (χ3v) is 4.00. The van der Waals surface area contributed by atoms with E-state index in [0.29, 0.717) is 5.56 Å². The number of hydrogen-bond donors (Lipinski definition) is 1. The Bertz CT molecular complexity index is 898. The van der Waals surface area contributed by atoms with Gasteiger partial charge in [-0.1, -0.05) is 43.7 Å². The largest absolute Gasteiger partial charge is 0.319 e. The van der Waals surface area contributed by atoms with Crippen molar-refractivity contribution >= 4 is 11.6 Å². The van der Waals surface area contributed by atoms with E-state index < -0.39 is 5.82 Å². The predicted octanol–water partition coefficient (Wildman–Crippen LogP) is 4.70. The molecular formula is C20H20FN3O. The van der Waals surface area contributed by atoms with Crippen LogP contribution in [0.3, 0.4) is 0 Å². The number of benzene rings is 2. The molecule has 0 aliphatic rings. The van der Waals surface area contributed by atoms with E-state index >= 15 is 0 Å². The molecule has 1 N–H and O–H groups in total. The van der Waals surface area contributed by atoms with Gasteiger partial charge >= 0.3 is 0 Å². The Kier molecular flexibility index (Phi) is 4.65. The van der Waals surface area contributed by atoms with Gasteiger partial charge in [0.2, 0.25) is 0 Å². The molecule has 0 fully saturated rings. The summed E-state index contributed by atoms with van der Waals surface area (Å²) in [7, 11) is 0. The zero-order chi connectivity index (χ0) is 18.0. The SMILES string of the molecule is Cc1ccc(-n2ncc(C(=O)Nc3ccccc3F)c2C(C)C)cc1. The molecule has 128 valence electrons. The highest BCUT2D eigenvalue weighted by Crippen LogP contribution is 2.24. The van der Waals surface area contributed by atoms with Crippen LogP contribution in [0.25, 0.3) is 5.69 Å². The molecule has 0 radical (unpaired) electrons. The van der Waals surface area contributed by atoms with Gasteiger partial charge in [-0.2, -0.15) is 5.10 Å². The van der Waals surface area contributed by atoms with Gasteiger partial charge in [0.1, 0.15) is 5.82 Å². The number of anilines is 1. The number of nitrogens with zero attached hydrogens (tertiary/aromatic N) is 2. The van der Waals surface area contributed by atoms with Crippen molar-refractivity contribution in [3.8, 4) is 5.69 Å². The van der Waals surface area contributed by atoms with Crippen LogP contribution < -0.4 is 5.32 Å². The lowest BCUT2D eigenvalue weighted by atomic mass is 10.0. The smallest absolute Gasteiger partial charge is 0.259 e. The van der Waals surface area contributed by atoms with Gasteiger partial charge in [-0.3, -0.25) is 4.79 Å². The molecule has 0 bridgehead atoms. The number of carbonyl (C=O) groups is 1. The molecule has 0 aliphatic carbocycles. The van der Waals surface area contributed by atoms with E-state index in [4.69, 9.17) is 0 Å². The van der Waals surface area contributed by atoms with E-state index in [9.17, 15) is 9.18 Å². The number of para-hydroxylation sites is 1. The topological polar surface area (TPSA) is 46.9 Å². The zero-order valence-corrected chi connectivity index (χ0v) is 14.5. The van der Waals surface area contributed by atoms with E-state index in [-0.39, 0.29) is 17.5 Å². The molecule has 0 atom stereocenters. The summed E-state index contributed by atoms with van der Waals surface area (Å²) < 4.78 is 15.6. The second kappa shape index (κ2) is 6.89. The number of hydrogen-bond acceptors (Lipinski definition) is 2. The molecule has 0 saturated carbocycles. The maximum absolute atomic E-state index is 13.8. The normalized spacial score (nSPS) is 10.9. The lowest BCUT2D eigenvalue weighted by Crippen LogP contribution is -2.16. The summed E-state index contributed by atoms with van der Waals surface area (Å²) in [5.74, 6) is -0.759. The van der Waals surface area contributed by atoms with Gasteiger partial charge in [-0.05, 0) is 37.1 Å². The Hall–Kier alpha value is -2.95. The lowest BCUT2D eigenvalue weighted by molar-refractivity contribution is 0.102. The maximum Gasteiger partial charge on any atom is 0.259 e. The molecular weight excluding hydrogens is 317 g/mol. The number of nitrogens with one attached hydrogen (secondary N) is 1. The molecule has 4 nitrogen and oxygen atoms in total. The number of rotatable bonds is 4. The van der Waals surface area contributed by atoms with Crippen LogP contribution in [0.4, 0.5) is 10.1 Å². The summed E-state index contributed by atoms with van der Waals surface area (Å²) in [6.07, 6.45) is 1.53. The highest BCUT2D eigenvalue weighted by atomic mass is 19.1. The van der Waals surface area contributed by atoms with E-state index in [1.807, 2.05) is 45.0 Å². The van der Waals surface area contributed by atoms with Crippen LogP contribution in [0.15, 0.2) is 54.7 Å². The van der Waals surface area contributed by atoms with Crippen LogP contribution in [0.5, 0.6) is 0 Å². The minimum atomic E-state index is -0.465. The van der Waals surface area contributed by atoms with Gasteiger partial charge in [0.15, 0.2) is 0 Å². The van der Waals surface area contributed by atoms with Crippen molar-refractivity contribution in [2.45, 2.75) is 26.7 Å². The van der Waals surface area contributed by atoms with Crippen LogP contribution in [-0.2, 0) is 0 Å². The summed E-state index contributed by atoms with van der Waals surface area (Å²) >= 11 is 0. The number of aromatic nitrogens is 2. The van der Waals surface area contributed by atoms with Gasteiger partial charge < -0.3 is 5.32 Å². The molecule has 25 heavy (non-hydrogen) atoms. The molecule has 2 aromatic carbocycles. The van der Waals surface area contributed by atoms with Crippen LogP contribution >= 0.6 is 0 Å². The van der Waals surface area contributed by atoms with Gasteiger partial charge in [-0.15, -0.1) is 0 Å². The summed E-state index contributed by atoms with van der Waals surface area (Å²) in [6.45, 7) is 6.02. The van der Waals surface area contributed by atoms with Crippen molar-refractivity contribution in [2.75, 3.05) is 5.32 Å². The predicted molar refractivity (Wildman–Crippen MR) is 96.7 cm³/mol. The van der Waals surface area contributed by atoms with Crippen LogP contribution in [0.1, 0.15) is 41.4 Å². The number of amides is 1. The number of carbonyl (C=O) groups excluding carboxylic acids is 1. The molecule has 5 heteroatoms. The van der Waals surface area contributed by atoms with Crippen LogP contribution in [-0.4, -0.2) is 15.7 Å². The van der Waals surface area contributed by atoms with Crippen molar-refractivity contribution in [1.29, 1.82) is 0 Å². The van der Waals surface area contributed by atoms with Crippen molar-refractivity contribution in [3.63, 3.8) is 0 Å².